The van der Waals surface area contributed by atoms with Crippen molar-refractivity contribution in [3.63, 3.8) is 0 Å². The zero-order valence-corrected chi connectivity index (χ0v) is 31.7. The predicted molar refractivity (Wildman–Crippen MR) is 209 cm³/mol. The summed E-state index contributed by atoms with van der Waals surface area (Å²) < 4.78 is 9.56. The first-order chi connectivity index (χ1) is 25.4. The van der Waals surface area contributed by atoms with Gasteiger partial charge in [0.25, 0.3) is 5.91 Å². The number of rotatable bonds is 9. The highest BCUT2D eigenvalue weighted by Crippen LogP contribution is 2.72. The number of carbonyl (C=O) groups excluding carboxylic acids is 1. The summed E-state index contributed by atoms with van der Waals surface area (Å²) in [7, 11) is 0. The molecule has 0 spiro atoms. The molecule has 2 atom stereocenters. The second kappa shape index (κ2) is 12.2. The molecule has 4 aliphatic carbocycles. The average Bonchev–Trinajstić information content (AvgIpc) is 3.67. The molecule has 4 bridgehead atoms. The van der Waals surface area contributed by atoms with Gasteiger partial charge in [0.15, 0.2) is 10.8 Å². The number of aromatic carboxylic acids is 1. The van der Waals surface area contributed by atoms with E-state index in [0.29, 0.717) is 38.4 Å². The summed E-state index contributed by atoms with van der Waals surface area (Å²) in [4.78, 5) is 40.0. The lowest BCUT2D eigenvalue weighted by Crippen LogP contribution is -2.64. The third-order valence-corrected chi connectivity index (χ3v) is 13.2. The molecule has 12 heteroatoms. The van der Waals surface area contributed by atoms with Crippen LogP contribution in [0.4, 0.5) is 5.13 Å². The second-order valence-corrected chi connectivity index (χ2v) is 17.9. The monoisotopic (exact) mass is 744 g/mol. The maximum absolute atomic E-state index is 13.5. The van der Waals surface area contributed by atoms with Gasteiger partial charge in [-0.3, -0.25) is 19.8 Å². The number of anilines is 1. The summed E-state index contributed by atoms with van der Waals surface area (Å²) in [6, 6.07) is 18.6. The number of benzene rings is 2. The molecule has 2 aromatic carbocycles. The average molecular weight is 745 g/mol. The molecule has 2 N–H and O–H groups in total. The van der Waals surface area contributed by atoms with Gasteiger partial charge in [-0.15, -0.1) is 0 Å². The molecule has 10 rings (SSSR count). The zero-order chi connectivity index (χ0) is 36.8. The van der Waals surface area contributed by atoms with Crippen molar-refractivity contribution in [3.05, 3.63) is 90.0 Å². The molecule has 4 aliphatic rings. The first-order valence-corrected chi connectivity index (χ1v) is 19.9. The molecule has 0 radical (unpaired) electrons. The van der Waals surface area contributed by atoms with Crippen molar-refractivity contribution < 1.29 is 18.9 Å². The number of thiazole rings is 1. The Kier molecular flexibility index (Phi) is 7.85. The first-order valence-electron chi connectivity index (χ1n) is 17.9. The number of hydrogen-bond acceptors (Lipinski definition) is 9. The van der Waals surface area contributed by atoms with Crippen LogP contribution in [0.15, 0.2) is 73.1 Å². The summed E-state index contributed by atoms with van der Waals surface area (Å²) in [6.07, 6.45) is 12.2. The molecule has 4 fully saturated rings. The van der Waals surface area contributed by atoms with Crippen LogP contribution in [0.1, 0.15) is 78.9 Å². The molecule has 270 valence electrons. The number of aromatic nitrogens is 5. The van der Waals surface area contributed by atoms with Crippen molar-refractivity contribution in [2.75, 3.05) is 11.6 Å². The molecule has 0 saturated heterocycles. The van der Waals surface area contributed by atoms with E-state index in [0.717, 1.165) is 60.1 Å². The summed E-state index contributed by atoms with van der Waals surface area (Å²) >= 11 is 2.91. The fourth-order valence-electron chi connectivity index (χ4n) is 11.0. The lowest BCUT2D eigenvalue weighted by molar-refractivity contribution is -0.214. The van der Waals surface area contributed by atoms with Gasteiger partial charge in [-0.25, -0.2) is 14.8 Å². The Hall–Kier alpha value is -4.65. The van der Waals surface area contributed by atoms with Gasteiger partial charge >= 0.3 is 5.97 Å². The number of carboxylic acid groups (broad SMARTS) is 1. The van der Waals surface area contributed by atoms with Crippen LogP contribution in [0.2, 0.25) is 0 Å². The quantitative estimate of drug-likeness (QED) is 0.139. The molecule has 6 aromatic rings. The van der Waals surface area contributed by atoms with Crippen molar-refractivity contribution in [1.29, 1.82) is 0 Å². The predicted octanol–water partition coefficient (Wildman–Crippen LogP) is 9.44. The normalized spacial score (nSPS) is 26.0. The third-order valence-electron chi connectivity index (χ3n) is 11.7. The minimum atomic E-state index is -1.12. The number of fused-ring (bicyclic) bond motifs is 2. The molecule has 4 saturated carbocycles. The standard InChI is InChI=1S/C41H40N6O4S2/c1-24-29(16-43-47(24)23-40-18-38(2)17-39(3,19-40)21-41(20-38,22-40)51-52-4)26-10-12-30(44-34(26)36(49)50)25-9-11-31-28(15-25)27(13-14-42-31)35(48)46-37-45-32-7-5-6-8-33(32)53-37/h5-16H,17-23H2,1-4H3,(H,49,50)(H,45,46,48). The highest BCUT2D eigenvalue weighted by molar-refractivity contribution is 7.93. The van der Waals surface area contributed by atoms with E-state index in [4.69, 9.17) is 9.28 Å². The SMILES string of the molecule is CSOC12CC3(C)CC(C)(CC(Cn4ncc(-c5ccc(-c6ccc7nccc(C(=O)Nc8nc9ccccc9s8)c7c6)nc5C(=O)O)c4C)(C3)C1)C2. The van der Waals surface area contributed by atoms with E-state index < -0.39 is 5.97 Å². The fourth-order valence-corrected chi connectivity index (χ4v) is 12.4. The Labute approximate surface area is 315 Å². The lowest BCUT2D eigenvalue weighted by atomic mass is 9.39. The van der Waals surface area contributed by atoms with Crippen LogP contribution in [0.3, 0.4) is 0 Å². The minimum absolute atomic E-state index is 0.0487. The van der Waals surface area contributed by atoms with Gasteiger partial charge in [-0.05, 0) is 116 Å². The first kappa shape index (κ1) is 34.1. The zero-order valence-electron chi connectivity index (χ0n) is 30.1. The molecular weight excluding hydrogens is 705 g/mol. The van der Waals surface area contributed by atoms with Gasteiger partial charge in [0.05, 0.1) is 38.8 Å². The Morgan fingerprint density at radius 2 is 1.74 bits per heavy atom. The third kappa shape index (κ3) is 5.91. The van der Waals surface area contributed by atoms with Gasteiger partial charge in [0.2, 0.25) is 0 Å². The number of pyridine rings is 2. The molecule has 10 nitrogen and oxygen atoms in total. The van der Waals surface area contributed by atoms with Gasteiger partial charge in [-0.1, -0.05) is 43.4 Å². The van der Waals surface area contributed by atoms with E-state index in [-0.39, 0.29) is 33.4 Å². The number of carboxylic acids is 1. The van der Waals surface area contributed by atoms with Crippen molar-refractivity contribution in [2.45, 2.75) is 71.4 Å². The van der Waals surface area contributed by atoms with Crippen LogP contribution < -0.4 is 5.32 Å². The van der Waals surface area contributed by atoms with Crippen LogP contribution >= 0.6 is 23.4 Å². The van der Waals surface area contributed by atoms with Gasteiger partial charge in [-0.2, -0.15) is 5.10 Å². The molecule has 4 heterocycles. The smallest absolute Gasteiger partial charge is 0.355 e. The highest BCUT2D eigenvalue weighted by atomic mass is 32.2. The van der Waals surface area contributed by atoms with E-state index in [1.807, 2.05) is 67.8 Å². The van der Waals surface area contributed by atoms with Crippen LogP contribution in [-0.2, 0) is 10.7 Å². The number of amides is 1. The minimum Gasteiger partial charge on any atom is -0.476 e. The maximum atomic E-state index is 13.5. The fraction of sp³-hybridized carbons (Fsp3) is 0.366. The Morgan fingerprint density at radius 3 is 2.49 bits per heavy atom. The molecule has 53 heavy (non-hydrogen) atoms. The molecule has 0 aliphatic heterocycles. The van der Waals surface area contributed by atoms with E-state index in [1.165, 1.54) is 29.8 Å². The topological polar surface area (TPSA) is 132 Å². The van der Waals surface area contributed by atoms with Crippen LogP contribution in [0, 0.1) is 23.2 Å². The summed E-state index contributed by atoms with van der Waals surface area (Å²) in [6.45, 7) is 7.68. The molecular formula is C41H40N6O4S2. The number of nitrogens with zero attached hydrogens (tertiary/aromatic N) is 5. The Balaban J connectivity index is 1.02. The van der Waals surface area contributed by atoms with Crippen LogP contribution in [0.5, 0.6) is 0 Å². The summed E-state index contributed by atoms with van der Waals surface area (Å²) in [5, 5.41) is 19.4. The lowest BCUT2D eigenvalue weighted by Gasteiger charge is -2.68. The molecule has 4 aromatic heterocycles. The maximum Gasteiger partial charge on any atom is 0.355 e. The second-order valence-electron chi connectivity index (χ2n) is 16.3. The van der Waals surface area contributed by atoms with E-state index in [2.05, 4.69) is 38.8 Å². The molecule has 1 amide bonds. The largest absolute Gasteiger partial charge is 0.476 e. The molecule has 2 unspecified atom stereocenters. The van der Waals surface area contributed by atoms with Crippen molar-refractivity contribution >= 4 is 61.5 Å². The van der Waals surface area contributed by atoms with Gasteiger partial charge in [0, 0.05) is 46.8 Å². The number of hydrogen-bond donors (Lipinski definition) is 2. The van der Waals surface area contributed by atoms with E-state index in [1.54, 1.807) is 18.5 Å². The Morgan fingerprint density at radius 1 is 0.943 bits per heavy atom. The number of carbonyl (C=O) groups is 2. The van der Waals surface area contributed by atoms with E-state index >= 15 is 0 Å². The van der Waals surface area contributed by atoms with Crippen LogP contribution in [-0.4, -0.2) is 53.6 Å². The summed E-state index contributed by atoms with van der Waals surface area (Å²) in [5.41, 5.74) is 5.62. The highest BCUT2D eigenvalue weighted by Gasteiger charge is 2.66. The Bertz CT molecular complexity index is 2420. The van der Waals surface area contributed by atoms with Gasteiger partial charge in [0.1, 0.15) is 0 Å². The summed E-state index contributed by atoms with van der Waals surface area (Å²) in [5.74, 6) is -1.43. The van der Waals surface area contributed by atoms with Crippen LogP contribution in [0.25, 0.3) is 43.5 Å². The van der Waals surface area contributed by atoms with Crippen molar-refractivity contribution in [2.24, 2.45) is 16.2 Å². The number of nitrogens with one attached hydrogen (secondary N) is 1. The van der Waals surface area contributed by atoms with Crippen molar-refractivity contribution in [3.8, 4) is 22.4 Å². The van der Waals surface area contributed by atoms with E-state index in [9.17, 15) is 14.7 Å². The number of para-hydroxylation sites is 1. The van der Waals surface area contributed by atoms with Crippen molar-refractivity contribution in [1.82, 2.24) is 24.7 Å². The van der Waals surface area contributed by atoms with Gasteiger partial charge < -0.3 is 9.29 Å².